The minimum atomic E-state index is -0.654. The van der Waals surface area contributed by atoms with Gasteiger partial charge in [0.05, 0.1) is 18.8 Å². The van der Waals surface area contributed by atoms with Gasteiger partial charge in [-0.25, -0.2) is 0 Å². The normalized spacial score (nSPS) is 13.5. The second-order valence-corrected chi connectivity index (χ2v) is 13.7. The van der Waals surface area contributed by atoms with Crippen LogP contribution in [0.1, 0.15) is 200 Å². The van der Waals surface area contributed by atoms with Crippen molar-refractivity contribution in [1.29, 1.82) is 0 Å². The Labute approximate surface area is 293 Å². The minimum absolute atomic E-state index is 0.0409. The van der Waals surface area contributed by atoms with Crippen molar-refractivity contribution < 1.29 is 15.0 Å². The highest BCUT2D eigenvalue weighted by Crippen LogP contribution is 2.15. The maximum absolute atomic E-state index is 12.2. The molecule has 2 atom stereocenters. The molecular formula is C43H79NO3. The molecule has 0 aliphatic carbocycles. The number of allylic oxidation sites excluding steroid dienone is 8. The van der Waals surface area contributed by atoms with E-state index in [-0.39, 0.29) is 12.5 Å². The van der Waals surface area contributed by atoms with Gasteiger partial charge in [-0.3, -0.25) is 4.79 Å². The number of carbonyl (C=O) groups is 1. The van der Waals surface area contributed by atoms with E-state index in [0.717, 1.165) is 57.8 Å². The summed E-state index contributed by atoms with van der Waals surface area (Å²) in [5, 5.41) is 22.7. The first-order valence-electron chi connectivity index (χ1n) is 20.3. The van der Waals surface area contributed by atoms with Gasteiger partial charge in [0.25, 0.3) is 0 Å². The van der Waals surface area contributed by atoms with Gasteiger partial charge in [0.2, 0.25) is 5.91 Å². The Kier molecular flexibility index (Phi) is 37.4. The van der Waals surface area contributed by atoms with Crippen molar-refractivity contribution in [2.24, 2.45) is 0 Å². The molecule has 1 amide bonds. The first-order valence-corrected chi connectivity index (χ1v) is 20.3. The van der Waals surface area contributed by atoms with Crippen LogP contribution in [0.25, 0.3) is 0 Å². The molecule has 0 saturated carbocycles. The summed E-state index contributed by atoms with van der Waals surface area (Å²) in [6.45, 7) is 4.14. The smallest absolute Gasteiger partial charge is 0.220 e. The van der Waals surface area contributed by atoms with Crippen LogP contribution in [-0.4, -0.2) is 34.9 Å². The van der Waals surface area contributed by atoms with E-state index in [0.29, 0.717) is 12.8 Å². The highest BCUT2D eigenvalue weighted by Gasteiger charge is 2.19. The van der Waals surface area contributed by atoms with Crippen LogP contribution >= 0.6 is 0 Å². The zero-order valence-electron chi connectivity index (χ0n) is 31.3. The van der Waals surface area contributed by atoms with E-state index in [1.165, 1.54) is 116 Å². The standard InChI is InChI=1S/C43H79NO3/c1-3-5-7-9-10-11-12-13-14-15-16-17-18-19-20-21-22-23-24-25-26-27-28-29-30-31-32-33-34-35-37-39-43(47)44-41(40-45)42(46)38-36-8-6-4-2/h5,7,10-11,13-14,16-17,41-42,45-46H,3-4,6,8-9,12,15,18-40H2,1-2H3,(H,44,47)/b7-5-,11-10-,14-13-,17-16-. The average Bonchev–Trinajstić information content (AvgIpc) is 3.08. The number of nitrogens with one attached hydrogen (secondary N) is 1. The van der Waals surface area contributed by atoms with Crippen LogP contribution in [0.5, 0.6) is 0 Å². The fourth-order valence-corrected chi connectivity index (χ4v) is 6.00. The average molecular weight is 658 g/mol. The second-order valence-electron chi connectivity index (χ2n) is 13.7. The molecule has 47 heavy (non-hydrogen) atoms. The largest absolute Gasteiger partial charge is 0.394 e. The molecule has 0 rings (SSSR count). The molecule has 4 nitrogen and oxygen atoms in total. The predicted molar refractivity (Wildman–Crippen MR) is 207 cm³/mol. The number of unbranched alkanes of at least 4 members (excludes halogenated alkanes) is 21. The zero-order chi connectivity index (χ0) is 34.3. The highest BCUT2D eigenvalue weighted by atomic mass is 16.3. The Morgan fingerprint density at radius 2 is 0.936 bits per heavy atom. The quantitative estimate of drug-likeness (QED) is 0.0464. The molecule has 0 aromatic rings. The lowest BCUT2D eigenvalue weighted by molar-refractivity contribution is -0.123. The van der Waals surface area contributed by atoms with E-state index >= 15 is 0 Å². The summed E-state index contributed by atoms with van der Waals surface area (Å²) in [7, 11) is 0. The summed E-state index contributed by atoms with van der Waals surface area (Å²) in [6, 6.07) is -0.530. The summed E-state index contributed by atoms with van der Waals surface area (Å²) < 4.78 is 0. The van der Waals surface area contributed by atoms with Gasteiger partial charge in [-0.1, -0.05) is 191 Å². The molecule has 0 fully saturated rings. The van der Waals surface area contributed by atoms with Crippen molar-refractivity contribution in [3.8, 4) is 0 Å². The van der Waals surface area contributed by atoms with Crippen LogP contribution in [0, 0.1) is 0 Å². The molecule has 3 N–H and O–H groups in total. The van der Waals surface area contributed by atoms with Crippen molar-refractivity contribution in [2.45, 2.75) is 212 Å². The van der Waals surface area contributed by atoms with Crippen LogP contribution in [0.3, 0.4) is 0 Å². The van der Waals surface area contributed by atoms with Crippen molar-refractivity contribution >= 4 is 5.91 Å². The summed E-state index contributed by atoms with van der Waals surface area (Å²) in [4.78, 5) is 12.2. The van der Waals surface area contributed by atoms with E-state index < -0.39 is 12.1 Å². The topological polar surface area (TPSA) is 69.6 Å². The van der Waals surface area contributed by atoms with E-state index in [4.69, 9.17) is 0 Å². The lowest BCUT2D eigenvalue weighted by atomic mass is 10.0. The molecular weight excluding hydrogens is 578 g/mol. The van der Waals surface area contributed by atoms with Gasteiger partial charge in [-0.2, -0.15) is 0 Å². The van der Waals surface area contributed by atoms with Gasteiger partial charge < -0.3 is 15.5 Å². The number of rotatable bonds is 36. The molecule has 0 saturated heterocycles. The maximum Gasteiger partial charge on any atom is 0.220 e. The Morgan fingerprint density at radius 1 is 0.532 bits per heavy atom. The predicted octanol–water partition coefficient (Wildman–Crippen LogP) is 12.4. The number of hydrogen-bond acceptors (Lipinski definition) is 3. The third-order valence-corrected chi connectivity index (χ3v) is 9.10. The molecule has 4 heteroatoms. The van der Waals surface area contributed by atoms with Crippen LogP contribution in [0.15, 0.2) is 48.6 Å². The van der Waals surface area contributed by atoms with E-state index in [2.05, 4.69) is 67.8 Å². The second kappa shape index (κ2) is 38.8. The number of hydrogen-bond donors (Lipinski definition) is 3. The van der Waals surface area contributed by atoms with Crippen molar-refractivity contribution in [2.75, 3.05) is 6.61 Å². The third-order valence-electron chi connectivity index (χ3n) is 9.10. The monoisotopic (exact) mass is 658 g/mol. The van der Waals surface area contributed by atoms with Gasteiger partial charge in [-0.15, -0.1) is 0 Å². The molecule has 0 radical (unpaired) electrons. The van der Waals surface area contributed by atoms with Crippen LogP contribution in [-0.2, 0) is 4.79 Å². The van der Waals surface area contributed by atoms with E-state index in [9.17, 15) is 15.0 Å². The van der Waals surface area contributed by atoms with Crippen molar-refractivity contribution in [3.63, 3.8) is 0 Å². The van der Waals surface area contributed by atoms with E-state index in [1.54, 1.807) is 0 Å². The lowest BCUT2D eigenvalue weighted by Gasteiger charge is -2.22. The highest BCUT2D eigenvalue weighted by molar-refractivity contribution is 5.76. The van der Waals surface area contributed by atoms with Gasteiger partial charge >= 0.3 is 0 Å². The Bertz CT molecular complexity index is 756. The van der Waals surface area contributed by atoms with Gasteiger partial charge in [0.15, 0.2) is 0 Å². The lowest BCUT2D eigenvalue weighted by Crippen LogP contribution is -2.45. The molecule has 0 spiro atoms. The number of aliphatic hydroxyl groups excluding tert-OH is 2. The summed E-state index contributed by atoms with van der Waals surface area (Å²) >= 11 is 0. The van der Waals surface area contributed by atoms with Gasteiger partial charge in [0.1, 0.15) is 0 Å². The molecule has 0 bridgehead atoms. The fraction of sp³-hybridized carbons (Fsp3) is 0.791. The maximum atomic E-state index is 12.2. The van der Waals surface area contributed by atoms with Gasteiger partial charge in [0, 0.05) is 6.42 Å². The van der Waals surface area contributed by atoms with Crippen molar-refractivity contribution in [1.82, 2.24) is 5.32 Å². The zero-order valence-corrected chi connectivity index (χ0v) is 31.3. The summed E-state index contributed by atoms with van der Waals surface area (Å²) in [5.74, 6) is -0.0409. The van der Waals surface area contributed by atoms with Gasteiger partial charge in [-0.05, 0) is 51.4 Å². The molecule has 0 aromatic heterocycles. The number of carbonyl (C=O) groups excluding carboxylic acids is 1. The molecule has 0 aliphatic heterocycles. The Hall–Kier alpha value is -1.65. The first-order chi connectivity index (χ1) is 23.2. The van der Waals surface area contributed by atoms with Crippen LogP contribution in [0.4, 0.5) is 0 Å². The Morgan fingerprint density at radius 3 is 1.38 bits per heavy atom. The molecule has 2 unspecified atom stereocenters. The molecule has 0 heterocycles. The molecule has 274 valence electrons. The number of amides is 1. The third kappa shape index (κ3) is 35.5. The summed E-state index contributed by atoms with van der Waals surface area (Å²) in [6.07, 6.45) is 52.4. The van der Waals surface area contributed by atoms with Crippen LogP contribution in [0.2, 0.25) is 0 Å². The minimum Gasteiger partial charge on any atom is -0.394 e. The molecule has 0 aliphatic rings. The van der Waals surface area contributed by atoms with E-state index in [1.807, 2.05) is 0 Å². The first kappa shape index (κ1) is 45.3. The Balaban J connectivity index is 3.36. The fourth-order valence-electron chi connectivity index (χ4n) is 6.00. The van der Waals surface area contributed by atoms with Crippen LogP contribution < -0.4 is 5.32 Å². The van der Waals surface area contributed by atoms with Crippen molar-refractivity contribution in [3.05, 3.63) is 48.6 Å². The number of aliphatic hydroxyl groups is 2. The summed E-state index contributed by atoms with van der Waals surface area (Å²) in [5.41, 5.74) is 0. The molecule has 0 aromatic carbocycles. The SMILES string of the molecule is CC/C=C\C/C=C\C/C=C\C/C=C\CCCCCCCCCCCCCCCCCCCCC(=O)NC(CO)C(O)CCCCCC.